The molecule has 9 nitrogen and oxygen atoms in total. The minimum atomic E-state index is -0.570. The summed E-state index contributed by atoms with van der Waals surface area (Å²) in [6, 6.07) is 4.18. The number of fused-ring (bicyclic) bond motifs is 2. The van der Waals surface area contributed by atoms with Gasteiger partial charge in [-0.25, -0.2) is 0 Å². The summed E-state index contributed by atoms with van der Waals surface area (Å²) >= 11 is 0. The van der Waals surface area contributed by atoms with E-state index < -0.39 is 5.60 Å². The van der Waals surface area contributed by atoms with Crippen LogP contribution in [0.25, 0.3) is 27.8 Å². The Labute approximate surface area is 173 Å². The molecule has 1 aliphatic carbocycles. The number of hydrogen-bond donors (Lipinski definition) is 3. The Morgan fingerprint density at radius 3 is 2.80 bits per heavy atom. The van der Waals surface area contributed by atoms with Gasteiger partial charge in [-0.2, -0.15) is 9.97 Å². The molecule has 4 heterocycles. The highest BCUT2D eigenvalue weighted by atomic mass is 16.5. The van der Waals surface area contributed by atoms with Gasteiger partial charge in [-0.1, -0.05) is 0 Å². The van der Waals surface area contributed by atoms with Gasteiger partial charge >= 0.3 is 0 Å². The van der Waals surface area contributed by atoms with E-state index in [9.17, 15) is 5.11 Å². The van der Waals surface area contributed by atoms with Crippen LogP contribution < -0.4 is 10.1 Å². The second-order valence-corrected chi connectivity index (χ2v) is 8.29. The Hall–Kier alpha value is -3.20. The Kier molecular flexibility index (Phi) is 4.35. The van der Waals surface area contributed by atoms with Crippen LogP contribution in [0.1, 0.15) is 38.4 Å². The number of H-pyrrole nitrogens is 1. The summed E-state index contributed by atoms with van der Waals surface area (Å²) in [6.45, 7) is 3.82. The molecule has 4 aromatic heterocycles. The topological polar surface area (TPSA) is 113 Å². The number of anilines is 1. The number of aromatic nitrogens is 6. The molecule has 3 N–H and O–H groups in total. The van der Waals surface area contributed by atoms with Crippen molar-refractivity contribution in [2.24, 2.45) is 0 Å². The molecule has 9 heteroatoms. The third-order valence-corrected chi connectivity index (χ3v) is 5.97. The fourth-order valence-electron chi connectivity index (χ4n) is 4.17. The largest absolute Gasteiger partial charge is 0.480 e. The van der Waals surface area contributed by atoms with Crippen molar-refractivity contribution < 1.29 is 9.84 Å². The van der Waals surface area contributed by atoms with Crippen LogP contribution in [0.5, 0.6) is 5.88 Å². The van der Waals surface area contributed by atoms with Gasteiger partial charge in [0.1, 0.15) is 11.5 Å². The molecular formula is C21H25N7O2. The Balaban J connectivity index is 1.50. The lowest BCUT2D eigenvalue weighted by Gasteiger charge is -2.33. The first-order valence-corrected chi connectivity index (χ1v) is 10.2. The van der Waals surface area contributed by atoms with E-state index in [4.69, 9.17) is 4.74 Å². The zero-order valence-corrected chi connectivity index (χ0v) is 17.3. The van der Waals surface area contributed by atoms with Crippen molar-refractivity contribution in [2.45, 2.75) is 51.2 Å². The van der Waals surface area contributed by atoms with E-state index in [-0.39, 0.29) is 6.04 Å². The van der Waals surface area contributed by atoms with E-state index in [0.29, 0.717) is 17.5 Å². The van der Waals surface area contributed by atoms with Crippen molar-refractivity contribution in [1.82, 2.24) is 29.5 Å². The smallest absolute Gasteiger partial charge is 0.228 e. The van der Waals surface area contributed by atoms with E-state index in [2.05, 4.69) is 30.5 Å². The van der Waals surface area contributed by atoms with Crippen LogP contribution in [0, 0.1) is 6.92 Å². The Morgan fingerprint density at radius 2 is 2.03 bits per heavy atom. The first-order chi connectivity index (χ1) is 14.4. The highest BCUT2D eigenvalue weighted by Gasteiger charge is 2.29. The van der Waals surface area contributed by atoms with Crippen LogP contribution in [-0.2, 0) is 0 Å². The van der Waals surface area contributed by atoms with Gasteiger partial charge in [0.25, 0.3) is 0 Å². The minimum Gasteiger partial charge on any atom is -0.480 e. The zero-order valence-electron chi connectivity index (χ0n) is 17.3. The van der Waals surface area contributed by atoms with E-state index in [1.54, 1.807) is 7.11 Å². The molecule has 0 saturated heterocycles. The van der Waals surface area contributed by atoms with E-state index >= 15 is 0 Å². The lowest BCUT2D eigenvalue weighted by Crippen LogP contribution is -2.36. The Morgan fingerprint density at radius 1 is 1.23 bits per heavy atom. The van der Waals surface area contributed by atoms with Crippen molar-refractivity contribution in [2.75, 3.05) is 12.4 Å². The summed E-state index contributed by atoms with van der Waals surface area (Å²) in [4.78, 5) is 12.6. The summed E-state index contributed by atoms with van der Waals surface area (Å²) in [5.41, 5.74) is 2.89. The fourth-order valence-corrected chi connectivity index (χ4v) is 4.17. The van der Waals surface area contributed by atoms with Crippen LogP contribution in [0.3, 0.4) is 0 Å². The summed E-state index contributed by atoms with van der Waals surface area (Å²) < 4.78 is 7.58. The van der Waals surface area contributed by atoms with E-state index in [1.807, 2.05) is 42.8 Å². The standard InChI is InChI=1S/C21H25N7O2/c1-12-26-27-16-5-4-13(11-28(12)16)15-10-22-18-17(15)19(30-3)25-20(24-18)23-14-6-8-21(2,29)9-7-14/h4-5,10-11,14,29H,6-9H2,1-3H3,(H2,22,23,24,25)/t14-,21+. The molecule has 0 amide bonds. The number of pyridine rings is 1. The third kappa shape index (κ3) is 3.24. The summed E-state index contributed by atoms with van der Waals surface area (Å²) in [5.74, 6) is 1.87. The second kappa shape index (κ2) is 6.94. The number of nitrogens with one attached hydrogen (secondary N) is 2. The maximum absolute atomic E-state index is 10.2. The molecule has 0 radical (unpaired) electrons. The van der Waals surface area contributed by atoms with Gasteiger partial charge in [-0.3, -0.25) is 4.40 Å². The van der Waals surface area contributed by atoms with Crippen LogP contribution >= 0.6 is 0 Å². The first-order valence-electron chi connectivity index (χ1n) is 10.2. The quantitative estimate of drug-likeness (QED) is 0.476. The normalized spacial score (nSPS) is 21.9. The van der Waals surface area contributed by atoms with E-state index in [1.165, 1.54) is 0 Å². The van der Waals surface area contributed by atoms with Gasteiger partial charge in [-0.05, 0) is 51.7 Å². The van der Waals surface area contributed by atoms with Gasteiger partial charge in [-0.15, -0.1) is 10.2 Å². The highest BCUT2D eigenvalue weighted by molar-refractivity contribution is 5.97. The zero-order chi connectivity index (χ0) is 20.9. The van der Waals surface area contributed by atoms with Gasteiger partial charge in [0.2, 0.25) is 11.8 Å². The molecule has 0 spiro atoms. The summed E-state index contributed by atoms with van der Waals surface area (Å²) in [7, 11) is 1.62. The van der Waals surface area contributed by atoms with Gasteiger partial charge in [0.05, 0.1) is 18.1 Å². The lowest BCUT2D eigenvalue weighted by atomic mass is 9.84. The number of aryl methyl sites for hydroxylation is 1. The monoisotopic (exact) mass is 407 g/mol. The number of ether oxygens (including phenoxy) is 1. The fraction of sp³-hybridized carbons (Fsp3) is 0.429. The number of hydrogen-bond acceptors (Lipinski definition) is 7. The Bertz CT molecular complexity index is 1220. The molecule has 1 fully saturated rings. The number of methoxy groups -OCH3 is 1. The second-order valence-electron chi connectivity index (χ2n) is 8.29. The third-order valence-electron chi connectivity index (χ3n) is 5.97. The van der Waals surface area contributed by atoms with Crippen molar-refractivity contribution in [3.63, 3.8) is 0 Å². The summed E-state index contributed by atoms with van der Waals surface area (Å²) in [6.07, 6.45) is 7.22. The van der Waals surface area contributed by atoms with Crippen LogP contribution in [-0.4, -0.2) is 53.4 Å². The molecule has 156 valence electrons. The molecule has 0 aliphatic heterocycles. The SMILES string of the molecule is COc1nc(N[C@H]2CC[C@@](C)(O)CC2)nc2[nH]cc(-c3ccc4nnc(C)n4c3)c12. The van der Waals surface area contributed by atoms with Gasteiger partial charge < -0.3 is 20.1 Å². The van der Waals surface area contributed by atoms with Crippen LogP contribution in [0.15, 0.2) is 24.5 Å². The average Bonchev–Trinajstić information content (AvgIpc) is 3.32. The molecule has 0 bridgehead atoms. The molecule has 1 aliphatic rings. The molecule has 0 aromatic carbocycles. The number of aromatic amines is 1. The molecule has 0 unspecified atom stereocenters. The first kappa shape index (κ1) is 18.8. The van der Waals surface area contributed by atoms with Crippen LogP contribution in [0.2, 0.25) is 0 Å². The molecule has 1 saturated carbocycles. The summed E-state index contributed by atoms with van der Waals surface area (Å²) in [5, 5.41) is 22.7. The molecule has 5 rings (SSSR count). The highest BCUT2D eigenvalue weighted by Crippen LogP contribution is 2.35. The number of rotatable bonds is 4. The van der Waals surface area contributed by atoms with Crippen molar-refractivity contribution in [3.8, 4) is 17.0 Å². The van der Waals surface area contributed by atoms with Gasteiger partial charge in [0, 0.05) is 29.6 Å². The minimum absolute atomic E-state index is 0.237. The predicted octanol–water partition coefficient (Wildman–Crippen LogP) is 3.09. The number of nitrogens with zero attached hydrogens (tertiary/aromatic N) is 5. The van der Waals surface area contributed by atoms with Gasteiger partial charge in [0.15, 0.2) is 5.65 Å². The molecule has 0 atom stereocenters. The maximum Gasteiger partial charge on any atom is 0.228 e. The van der Waals surface area contributed by atoms with Crippen molar-refractivity contribution in [1.29, 1.82) is 0 Å². The predicted molar refractivity (Wildman–Crippen MR) is 114 cm³/mol. The van der Waals surface area contributed by atoms with Crippen molar-refractivity contribution in [3.05, 3.63) is 30.4 Å². The molecule has 4 aromatic rings. The van der Waals surface area contributed by atoms with Crippen molar-refractivity contribution >= 4 is 22.6 Å². The molecule has 30 heavy (non-hydrogen) atoms. The average molecular weight is 407 g/mol. The van der Waals surface area contributed by atoms with E-state index in [0.717, 1.165) is 53.7 Å². The van der Waals surface area contributed by atoms with Crippen LogP contribution in [0.4, 0.5) is 5.95 Å². The maximum atomic E-state index is 10.2. The number of aliphatic hydroxyl groups is 1. The lowest BCUT2D eigenvalue weighted by molar-refractivity contribution is 0.0195. The molecular weight excluding hydrogens is 382 g/mol.